The van der Waals surface area contributed by atoms with Crippen LogP contribution in [0.5, 0.6) is 11.5 Å². The summed E-state index contributed by atoms with van der Waals surface area (Å²) in [4.78, 5) is 18.9. The highest BCUT2D eigenvalue weighted by atomic mass is 16.5. The number of likely N-dealkylation sites (tertiary alicyclic amines) is 1. The Hall–Kier alpha value is -2.94. The molecule has 0 bridgehead atoms. The van der Waals surface area contributed by atoms with Gasteiger partial charge in [-0.15, -0.1) is 5.10 Å². The number of methoxy groups -OCH3 is 2. The van der Waals surface area contributed by atoms with E-state index in [0.29, 0.717) is 28.5 Å². The molecule has 2 aromatic heterocycles. The van der Waals surface area contributed by atoms with Gasteiger partial charge >= 0.3 is 0 Å². The number of nitrogens with zero attached hydrogens (tertiary/aromatic N) is 5. The van der Waals surface area contributed by atoms with Crippen molar-refractivity contribution in [2.24, 2.45) is 5.92 Å². The number of hydrogen-bond donors (Lipinski definition) is 1. The minimum absolute atomic E-state index is 0.124. The van der Waals surface area contributed by atoms with E-state index < -0.39 is 0 Å². The number of tetrazole rings is 1. The molecule has 0 radical (unpaired) electrons. The van der Waals surface area contributed by atoms with Crippen LogP contribution in [0.15, 0.2) is 23.0 Å². The Kier molecular flexibility index (Phi) is 6.54. The number of aromatic nitrogens is 5. The summed E-state index contributed by atoms with van der Waals surface area (Å²) in [5.41, 5.74) is 1.26. The van der Waals surface area contributed by atoms with Crippen molar-refractivity contribution in [3.8, 4) is 11.5 Å². The minimum Gasteiger partial charge on any atom is -0.493 e. The molecule has 1 saturated heterocycles. The Morgan fingerprint density at radius 1 is 1.00 bits per heavy atom. The van der Waals surface area contributed by atoms with Crippen LogP contribution in [-0.2, 0) is 0 Å². The predicted octanol–water partition coefficient (Wildman–Crippen LogP) is 3.86. The van der Waals surface area contributed by atoms with Gasteiger partial charge in [0.15, 0.2) is 17.3 Å². The van der Waals surface area contributed by atoms with E-state index >= 15 is 0 Å². The number of ether oxygens (including phenoxy) is 2. The lowest BCUT2D eigenvalue weighted by Crippen LogP contribution is -2.40. The average Bonchev–Trinajstić information content (AvgIpc) is 3.35. The lowest BCUT2D eigenvalue weighted by Gasteiger charge is -2.36. The first-order valence-electron chi connectivity index (χ1n) is 12.4. The van der Waals surface area contributed by atoms with Crippen molar-refractivity contribution >= 4 is 10.9 Å². The number of fused-ring (bicyclic) bond motifs is 1. The Balaban J connectivity index is 1.63. The molecule has 34 heavy (non-hydrogen) atoms. The summed E-state index contributed by atoms with van der Waals surface area (Å²) in [5, 5.41) is 13.9. The highest BCUT2D eigenvalue weighted by molar-refractivity contribution is 5.83. The van der Waals surface area contributed by atoms with Crippen LogP contribution in [0, 0.1) is 5.92 Å². The van der Waals surface area contributed by atoms with Gasteiger partial charge in [0.05, 0.1) is 25.8 Å². The number of H-pyrrole nitrogens is 1. The third-order valence-corrected chi connectivity index (χ3v) is 7.54. The normalized spacial score (nSPS) is 19.4. The SMILES string of the molecule is COc1cc2cc([C@H](c3nnnn3C3CCCCC3)N3CCC(C)CC3)c(=O)[nH]c2cc1OC. The van der Waals surface area contributed by atoms with Gasteiger partial charge in [-0.25, -0.2) is 4.68 Å². The molecule has 9 nitrogen and oxygen atoms in total. The summed E-state index contributed by atoms with van der Waals surface area (Å²) in [6, 6.07) is 5.67. The summed E-state index contributed by atoms with van der Waals surface area (Å²) in [5.74, 6) is 2.66. The fourth-order valence-corrected chi connectivity index (χ4v) is 5.51. The molecule has 1 aromatic carbocycles. The minimum atomic E-state index is -0.300. The maximum atomic E-state index is 13.5. The first kappa shape index (κ1) is 22.8. The van der Waals surface area contributed by atoms with Crippen molar-refractivity contribution in [1.29, 1.82) is 0 Å². The van der Waals surface area contributed by atoms with Crippen molar-refractivity contribution in [3.05, 3.63) is 39.9 Å². The number of aromatic amines is 1. The lowest BCUT2D eigenvalue weighted by molar-refractivity contribution is 0.146. The van der Waals surface area contributed by atoms with Crippen molar-refractivity contribution in [2.45, 2.75) is 64.0 Å². The van der Waals surface area contributed by atoms with Crippen LogP contribution in [0.2, 0.25) is 0 Å². The van der Waals surface area contributed by atoms with Crippen molar-refractivity contribution < 1.29 is 9.47 Å². The second-order valence-corrected chi connectivity index (χ2v) is 9.74. The Bertz CT molecular complexity index is 1190. The van der Waals surface area contributed by atoms with E-state index in [4.69, 9.17) is 9.47 Å². The molecule has 1 atom stereocenters. The molecule has 1 aliphatic heterocycles. The first-order valence-corrected chi connectivity index (χ1v) is 12.4. The third kappa shape index (κ3) is 4.29. The standard InChI is InChI=1S/C25H34N6O3/c1-16-9-11-30(12-10-16)23(24-27-28-29-31(24)18-7-5-4-6-8-18)19-13-17-14-21(33-2)22(34-3)15-20(17)26-25(19)32/h13-16,18,23H,4-12H2,1-3H3,(H,26,32)/t23-/m1/s1. The van der Waals surface area contributed by atoms with E-state index in [1.807, 2.05) is 22.9 Å². The van der Waals surface area contributed by atoms with Crippen molar-refractivity contribution in [1.82, 2.24) is 30.1 Å². The molecular weight excluding hydrogens is 432 g/mol. The van der Waals surface area contributed by atoms with Crippen LogP contribution in [0.1, 0.15) is 75.3 Å². The molecule has 9 heteroatoms. The van der Waals surface area contributed by atoms with Crippen LogP contribution in [0.4, 0.5) is 0 Å². The fourth-order valence-electron chi connectivity index (χ4n) is 5.51. The second kappa shape index (κ2) is 9.74. The summed E-state index contributed by atoms with van der Waals surface area (Å²) in [6.45, 7) is 4.11. The Morgan fingerprint density at radius 3 is 2.41 bits per heavy atom. The van der Waals surface area contributed by atoms with E-state index in [9.17, 15) is 4.79 Å². The van der Waals surface area contributed by atoms with E-state index in [2.05, 4.69) is 32.3 Å². The third-order valence-electron chi connectivity index (χ3n) is 7.54. The van der Waals surface area contributed by atoms with Gasteiger partial charge in [-0.05, 0) is 67.3 Å². The van der Waals surface area contributed by atoms with Crippen LogP contribution in [0.3, 0.4) is 0 Å². The molecule has 2 fully saturated rings. The van der Waals surface area contributed by atoms with Gasteiger partial charge in [0.25, 0.3) is 5.56 Å². The fraction of sp³-hybridized carbons (Fsp3) is 0.600. The zero-order valence-electron chi connectivity index (χ0n) is 20.3. The van der Waals surface area contributed by atoms with E-state index in [1.165, 1.54) is 19.3 Å². The molecule has 3 aromatic rings. The van der Waals surface area contributed by atoms with Gasteiger partial charge in [-0.1, -0.05) is 26.2 Å². The predicted molar refractivity (Wildman–Crippen MR) is 129 cm³/mol. The topological polar surface area (TPSA) is 98.2 Å². The summed E-state index contributed by atoms with van der Waals surface area (Å²) in [7, 11) is 3.21. The van der Waals surface area contributed by atoms with E-state index in [0.717, 1.165) is 50.0 Å². The molecule has 0 amide bonds. The second-order valence-electron chi connectivity index (χ2n) is 9.74. The van der Waals surface area contributed by atoms with Crippen molar-refractivity contribution in [2.75, 3.05) is 27.3 Å². The molecule has 182 valence electrons. The molecule has 1 N–H and O–H groups in total. The highest BCUT2D eigenvalue weighted by Crippen LogP contribution is 2.36. The number of nitrogens with one attached hydrogen (secondary N) is 1. The molecule has 0 spiro atoms. The van der Waals surface area contributed by atoms with Crippen LogP contribution < -0.4 is 15.0 Å². The van der Waals surface area contributed by atoms with Gasteiger partial charge in [0, 0.05) is 17.0 Å². The lowest BCUT2D eigenvalue weighted by atomic mass is 9.93. The van der Waals surface area contributed by atoms with Gasteiger partial charge in [-0.3, -0.25) is 9.69 Å². The van der Waals surface area contributed by atoms with Crippen molar-refractivity contribution in [3.63, 3.8) is 0 Å². The number of hydrogen-bond acceptors (Lipinski definition) is 7. The summed E-state index contributed by atoms with van der Waals surface area (Å²) < 4.78 is 12.9. The molecule has 5 rings (SSSR count). The van der Waals surface area contributed by atoms with Gasteiger partial charge in [0.2, 0.25) is 0 Å². The average molecular weight is 467 g/mol. The molecule has 0 unspecified atom stereocenters. The van der Waals surface area contributed by atoms with Crippen LogP contribution >= 0.6 is 0 Å². The molecule has 1 aliphatic carbocycles. The monoisotopic (exact) mass is 466 g/mol. The zero-order chi connectivity index (χ0) is 23.7. The Morgan fingerprint density at radius 2 is 1.71 bits per heavy atom. The van der Waals surface area contributed by atoms with Crippen LogP contribution in [0.25, 0.3) is 10.9 Å². The van der Waals surface area contributed by atoms with E-state index in [-0.39, 0.29) is 17.6 Å². The first-order chi connectivity index (χ1) is 16.6. The van der Waals surface area contributed by atoms with Gasteiger partial charge in [-0.2, -0.15) is 0 Å². The highest BCUT2D eigenvalue weighted by Gasteiger charge is 2.34. The summed E-state index contributed by atoms with van der Waals surface area (Å²) in [6.07, 6.45) is 7.98. The maximum absolute atomic E-state index is 13.5. The molecule has 3 heterocycles. The van der Waals surface area contributed by atoms with E-state index in [1.54, 1.807) is 14.2 Å². The number of pyridine rings is 1. The largest absolute Gasteiger partial charge is 0.493 e. The molecule has 1 saturated carbocycles. The quantitative estimate of drug-likeness (QED) is 0.589. The number of piperidine rings is 1. The van der Waals surface area contributed by atoms with Crippen LogP contribution in [-0.4, -0.2) is 57.4 Å². The van der Waals surface area contributed by atoms with Gasteiger partial charge in [0.1, 0.15) is 6.04 Å². The van der Waals surface area contributed by atoms with Gasteiger partial charge < -0.3 is 14.5 Å². The Labute approximate surface area is 199 Å². The molecule has 2 aliphatic rings. The maximum Gasteiger partial charge on any atom is 0.253 e. The molecular formula is C25H34N6O3. The zero-order valence-corrected chi connectivity index (χ0v) is 20.3. The number of benzene rings is 1. The summed E-state index contributed by atoms with van der Waals surface area (Å²) >= 11 is 0. The smallest absolute Gasteiger partial charge is 0.253 e. The number of rotatable bonds is 6.